The number of amides is 2. The molecule has 0 aliphatic heterocycles. The van der Waals surface area contributed by atoms with E-state index in [1.807, 2.05) is 0 Å². The van der Waals surface area contributed by atoms with Crippen molar-refractivity contribution in [3.8, 4) is 0 Å². The van der Waals surface area contributed by atoms with Gasteiger partial charge in [-0.05, 0) is 0 Å². The zero-order chi connectivity index (χ0) is 22.9. The smallest absolute Gasteiger partial charge is 0.267 e. The van der Waals surface area contributed by atoms with Gasteiger partial charge in [0.2, 0.25) is 0 Å². The van der Waals surface area contributed by atoms with Crippen LogP contribution in [0.25, 0.3) is 0 Å². The van der Waals surface area contributed by atoms with Gasteiger partial charge in [0.05, 0.1) is 0 Å². The molecule has 0 saturated carbocycles. The Kier molecular flexibility index (Phi) is 4.31. The maximum Gasteiger partial charge on any atom is 0.394 e. The van der Waals surface area contributed by atoms with Crippen molar-refractivity contribution >= 4 is 32.6 Å². The van der Waals surface area contributed by atoms with Crippen LogP contribution in [0.3, 0.4) is 0 Å². The lowest BCUT2D eigenvalue weighted by Gasteiger charge is -2.43. The van der Waals surface area contributed by atoms with E-state index >= 15 is 0 Å². The topological polar surface area (TPSA) is 58.2 Å². The monoisotopic (exact) mass is 490 g/mol. The summed E-state index contributed by atoms with van der Waals surface area (Å²) in [5.74, 6) is -33.0. The average molecular weight is 490 g/mol. The largest absolute Gasteiger partial charge is 0.394 e. The summed E-state index contributed by atoms with van der Waals surface area (Å²) in [4.78, 5) is 20.6. The van der Waals surface area contributed by atoms with Gasteiger partial charge >= 0.3 is 50.4 Å². The molecule has 0 spiro atoms. The lowest BCUT2D eigenvalue weighted by atomic mass is 10.0. The van der Waals surface area contributed by atoms with Crippen molar-refractivity contribution < 1.29 is 74.8 Å². The molecule has 0 aromatic carbocycles. The molecule has 0 aliphatic carbocycles. The molecule has 27 heavy (non-hydrogen) atoms. The highest BCUT2D eigenvalue weighted by molar-refractivity contribution is 8.44. The van der Waals surface area contributed by atoms with Crippen molar-refractivity contribution in [2.45, 2.75) is 17.8 Å². The third-order valence-electron chi connectivity index (χ3n) is 1.93. The van der Waals surface area contributed by atoms with E-state index in [1.165, 1.54) is 0 Å². The molecule has 168 valence electrons. The molecule has 0 aromatic rings. The zero-order valence-corrected chi connectivity index (χ0v) is 12.8. The first kappa shape index (κ1) is 25.5. The fraction of sp³-hybridized carbons (Fsp3) is 0.600. The van der Waals surface area contributed by atoms with E-state index in [9.17, 15) is 74.8 Å². The van der Waals surface area contributed by atoms with Gasteiger partial charge in [0.1, 0.15) is 0 Å². The zero-order valence-electron chi connectivity index (χ0n) is 11.2. The standard InChI is InChI=1S/C5H2F16N2O2S2/c6-3(7,1(24)22-26(12,13,14,15)16)5(10,11)4(8,9)2(25)23-27(17,18,19,20)21/h(H,22,24)(H,23,25). The van der Waals surface area contributed by atoms with E-state index in [-0.39, 0.29) is 0 Å². The molecule has 2 N–H and O–H groups in total. The molecular formula is C5H2F16N2O2S2. The second kappa shape index (κ2) is 4.56. The van der Waals surface area contributed by atoms with Gasteiger partial charge in [-0.3, -0.25) is 9.59 Å². The van der Waals surface area contributed by atoms with Crippen LogP contribution >= 0.6 is 20.8 Å². The lowest BCUT2D eigenvalue weighted by molar-refractivity contribution is -0.286. The molecule has 0 aromatic heterocycles. The molecule has 0 heterocycles. The Labute approximate surface area is 135 Å². The van der Waals surface area contributed by atoms with E-state index in [0.29, 0.717) is 0 Å². The molecule has 0 aliphatic rings. The first-order chi connectivity index (χ1) is 10.7. The van der Waals surface area contributed by atoms with Crippen LogP contribution in [0.2, 0.25) is 0 Å². The highest BCUT2D eigenvalue weighted by Crippen LogP contribution is 2.95. The molecule has 0 rings (SSSR count). The number of carbonyl (C=O) groups is 2. The molecule has 0 fully saturated rings. The van der Waals surface area contributed by atoms with E-state index in [4.69, 9.17) is 0 Å². The predicted octanol–water partition coefficient (Wildman–Crippen LogP) is 5.55. The van der Waals surface area contributed by atoms with Gasteiger partial charge in [-0.2, -0.15) is 26.3 Å². The van der Waals surface area contributed by atoms with Gasteiger partial charge in [0.15, 0.2) is 0 Å². The summed E-state index contributed by atoms with van der Waals surface area (Å²) >= 11 is 0. The van der Waals surface area contributed by atoms with Crippen LogP contribution in [0.5, 0.6) is 0 Å². The Balaban J connectivity index is 6.09. The van der Waals surface area contributed by atoms with Gasteiger partial charge in [-0.1, -0.05) is 38.9 Å². The lowest BCUT2D eigenvalue weighted by Crippen LogP contribution is -2.66. The molecular weight excluding hydrogens is 488 g/mol. The molecule has 4 nitrogen and oxygen atoms in total. The number of nitrogens with one attached hydrogen (secondary N) is 2. The second-order valence-electron chi connectivity index (χ2n) is 4.52. The molecule has 0 bridgehead atoms. The molecule has 0 unspecified atom stereocenters. The number of hydrogen-bond acceptors (Lipinski definition) is 2. The fourth-order valence-corrected chi connectivity index (χ4v) is 1.92. The quantitative estimate of drug-likeness (QED) is 0.480. The maximum absolute atomic E-state index is 12.9. The van der Waals surface area contributed by atoms with E-state index in [0.717, 1.165) is 0 Å². The van der Waals surface area contributed by atoms with E-state index < -0.39 is 59.8 Å². The Morgan fingerprint density at radius 3 is 0.852 bits per heavy atom. The van der Waals surface area contributed by atoms with Gasteiger partial charge in [-0.25, -0.2) is 9.44 Å². The van der Waals surface area contributed by atoms with Gasteiger partial charge in [0.25, 0.3) is 0 Å². The summed E-state index contributed by atoms with van der Waals surface area (Å²) in [7, 11) is -23.0. The van der Waals surface area contributed by atoms with Crippen molar-refractivity contribution in [2.75, 3.05) is 0 Å². The number of carbonyl (C=O) groups excluding carboxylic acids is 2. The molecule has 0 radical (unpaired) electrons. The predicted molar refractivity (Wildman–Crippen MR) is 57.4 cm³/mol. The minimum Gasteiger partial charge on any atom is -0.267 e. The summed E-state index contributed by atoms with van der Waals surface area (Å²) in [6.45, 7) is 0. The van der Waals surface area contributed by atoms with Crippen molar-refractivity contribution in [3.63, 3.8) is 0 Å². The number of halogens is 16. The van der Waals surface area contributed by atoms with Gasteiger partial charge < -0.3 is 0 Å². The summed E-state index contributed by atoms with van der Waals surface area (Å²) in [6, 6.07) is 0. The van der Waals surface area contributed by atoms with Crippen LogP contribution < -0.4 is 9.44 Å². The minimum absolute atomic E-state index is 1.92. The summed E-state index contributed by atoms with van der Waals surface area (Å²) in [5, 5.41) is 0. The van der Waals surface area contributed by atoms with Gasteiger partial charge in [-0.15, -0.1) is 0 Å². The minimum atomic E-state index is -11.5. The number of alkyl halides is 6. The maximum atomic E-state index is 12.9. The first-order valence-corrected chi connectivity index (χ1v) is 8.90. The average Bonchev–Trinajstić information content (AvgIpc) is 2.18. The normalized spacial score (nSPS) is 19.9. The Bertz CT molecular complexity index is 615. The first-order valence-electron chi connectivity index (χ1n) is 4.99. The Hall–Kier alpha value is -1.48. The van der Waals surface area contributed by atoms with Crippen LogP contribution in [0, 0.1) is 0 Å². The van der Waals surface area contributed by atoms with Crippen LogP contribution in [0.15, 0.2) is 0 Å². The van der Waals surface area contributed by atoms with Crippen LogP contribution in [-0.2, 0) is 9.59 Å². The van der Waals surface area contributed by atoms with Gasteiger partial charge in [0, 0.05) is 0 Å². The van der Waals surface area contributed by atoms with Crippen LogP contribution in [-0.4, -0.2) is 29.6 Å². The summed E-state index contributed by atoms with van der Waals surface area (Å²) < 4.78 is 191. The molecule has 2 amide bonds. The molecule has 0 saturated heterocycles. The van der Waals surface area contributed by atoms with Crippen LogP contribution in [0.4, 0.5) is 65.2 Å². The third-order valence-corrected chi connectivity index (χ3v) is 3.07. The second-order valence-corrected chi connectivity index (χ2v) is 8.81. The third kappa shape index (κ3) is 6.88. The highest BCUT2D eigenvalue weighted by atomic mass is 32.5. The highest BCUT2D eigenvalue weighted by Gasteiger charge is 2.82. The van der Waals surface area contributed by atoms with Crippen LogP contribution in [0.1, 0.15) is 0 Å². The number of rotatable bonds is 6. The molecule has 22 heteroatoms. The Morgan fingerprint density at radius 1 is 0.519 bits per heavy atom. The molecule has 0 atom stereocenters. The SMILES string of the molecule is O=C(NS(F)(F)(F)(F)F)C(F)(F)C(F)(F)C(F)(F)C(=O)NS(F)(F)(F)(F)F. The van der Waals surface area contributed by atoms with Crippen molar-refractivity contribution in [2.24, 2.45) is 0 Å². The summed E-state index contributed by atoms with van der Waals surface area (Å²) in [5.41, 5.74) is 0. The van der Waals surface area contributed by atoms with E-state index in [1.54, 1.807) is 0 Å². The van der Waals surface area contributed by atoms with Crippen molar-refractivity contribution in [1.82, 2.24) is 9.44 Å². The Morgan fingerprint density at radius 2 is 0.704 bits per heavy atom. The number of hydrogen-bond donors (Lipinski definition) is 2. The fourth-order valence-electron chi connectivity index (χ4n) is 0.961. The van der Waals surface area contributed by atoms with Crippen molar-refractivity contribution in [1.29, 1.82) is 0 Å². The summed E-state index contributed by atoms with van der Waals surface area (Å²) in [6.07, 6.45) is 0. The van der Waals surface area contributed by atoms with Crippen molar-refractivity contribution in [3.05, 3.63) is 0 Å². The van der Waals surface area contributed by atoms with E-state index in [2.05, 4.69) is 0 Å².